The smallest absolute Gasteiger partial charge is 0.359 e. The Labute approximate surface area is 179 Å². The average molecular weight is 447 g/mol. The van der Waals surface area contributed by atoms with Crippen LogP contribution in [0.4, 0.5) is 22.7 Å². The zero-order valence-electron chi connectivity index (χ0n) is 16.0. The Kier molecular flexibility index (Phi) is 5.84. The third-order valence-electron chi connectivity index (χ3n) is 4.65. The van der Waals surface area contributed by atoms with Gasteiger partial charge in [0, 0.05) is 35.8 Å². The number of nitrogens with one attached hydrogen (secondary N) is 1. The van der Waals surface area contributed by atoms with Gasteiger partial charge in [-0.25, -0.2) is 4.98 Å². The van der Waals surface area contributed by atoms with E-state index in [-0.39, 0.29) is 6.04 Å². The zero-order valence-corrected chi connectivity index (χ0v) is 16.8. The lowest BCUT2D eigenvalue weighted by Crippen LogP contribution is -2.31. The first-order chi connectivity index (χ1) is 14.8. The Hall–Kier alpha value is -3.11. The van der Waals surface area contributed by atoms with E-state index in [1.807, 2.05) is 18.2 Å². The van der Waals surface area contributed by atoms with E-state index in [0.29, 0.717) is 28.5 Å². The number of rotatable bonds is 6. The monoisotopic (exact) mass is 447 g/mol. The first-order valence-corrected chi connectivity index (χ1v) is 10.1. The molecule has 0 aliphatic rings. The summed E-state index contributed by atoms with van der Waals surface area (Å²) in [4.78, 5) is 3.64. The Morgan fingerprint density at radius 1 is 1.00 bits per heavy atom. The molecule has 0 saturated carbocycles. The normalized spacial score (nSPS) is 12.8. The molecule has 4 aromatic rings. The highest BCUT2D eigenvalue weighted by Gasteiger charge is 2.29. The van der Waals surface area contributed by atoms with Gasteiger partial charge in [0.25, 0.3) is 0 Å². The first-order valence-electron chi connectivity index (χ1n) is 9.33. The summed E-state index contributed by atoms with van der Waals surface area (Å²) in [5.41, 5.74) is 6.94. The summed E-state index contributed by atoms with van der Waals surface area (Å²) in [7, 11) is 0. The van der Waals surface area contributed by atoms with Gasteiger partial charge in [-0.3, -0.25) is 0 Å². The number of nitrogens with zero attached hydrogens (tertiary/aromatic N) is 3. The Morgan fingerprint density at radius 2 is 1.77 bits per heavy atom. The van der Waals surface area contributed by atoms with E-state index in [1.54, 1.807) is 0 Å². The number of alkyl halides is 3. The predicted octanol–water partition coefficient (Wildman–Crippen LogP) is 4.89. The van der Waals surface area contributed by atoms with Crippen molar-refractivity contribution >= 4 is 27.2 Å². The highest BCUT2D eigenvalue weighted by molar-refractivity contribution is 7.18. The predicted molar refractivity (Wildman–Crippen MR) is 112 cm³/mol. The molecule has 0 unspecified atom stereocenters. The Balaban J connectivity index is 1.37. The van der Waals surface area contributed by atoms with Crippen molar-refractivity contribution < 1.29 is 17.6 Å². The van der Waals surface area contributed by atoms with Gasteiger partial charge >= 0.3 is 6.18 Å². The lowest BCUT2D eigenvalue weighted by atomic mass is 10.0. The molecule has 0 fully saturated rings. The molecule has 0 bridgehead atoms. The molecule has 1 atom stereocenters. The highest BCUT2D eigenvalue weighted by atomic mass is 32.1. The van der Waals surface area contributed by atoms with E-state index >= 15 is 0 Å². The molecule has 3 N–H and O–H groups in total. The fraction of sp³-hybridized carbons (Fsp3) is 0.190. The Morgan fingerprint density at radius 3 is 2.52 bits per heavy atom. The summed E-state index contributed by atoms with van der Waals surface area (Å²) in [6.45, 7) is 0.379. The van der Waals surface area contributed by atoms with Crippen LogP contribution in [-0.4, -0.2) is 27.8 Å². The van der Waals surface area contributed by atoms with Crippen LogP contribution in [0.2, 0.25) is 0 Å². The molecule has 0 aliphatic carbocycles. The second-order valence-electron chi connectivity index (χ2n) is 7.02. The van der Waals surface area contributed by atoms with E-state index in [9.17, 15) is 17.6 Å². The van der Waals surface area contributed by atoms with Gasteiger partial charge in [-0.15, -0.1) is 10.2 Å². The first kappa shape index (κ1) is 21.1. The van der Waals surface area contributed by atoms with E-state index < -0.39 is 17.7 Å². The number of nitrogens with two attached hydrogens (primary N) is 1. The fourth-order valence-corrected chi connectivity index (χ4v) is 3.83. The molecule has 4 rings (SSSR count). The van der Waals surface area contributed by atoms with Gasteiger partial charge in [0.05, 0.1) is 5.56 Å². The minimum absolute atomic E-state index is 0.319. The van der Waals surface area contributed by atoms with Crippen LogP contribution in [0.15, 0.2) is 54.7 Å². The molecule has 160 valence electrons. The molecular formula is C21H17F4N5S. The number of hydrogen-bond acceptors (Lipinski definition) is 6. The van der Waals surface area contributed by atoms with Crippen LogP contribution in [0.5, 0.6) is 0 Å². The quantitative estimate of drug-likeness (QED) is 0.325. The molecule has 0 amide bonds. The van der Waals surface area contributed by atoms with Crippen LogP contribution in [-0.2, 0) is 12.6 Å². The highest BCUT2D eigenvalue weighted by Crippen LogP contribution is 2.30. The van der Waals surface area contributed by atoms with Gasteiger partial charge in [-0.1, -0.05) is 35.6 Å². The van der Waals surface area contributed by atoms with Gasteiger partial charge in [-0.05, 0) is 35.6 Å². The summed E-state index contributed by atoms with van der Waals surface area (Å²) in [6, 6.07) is 11.5. The second-order valence-corrected chi connectivity index (χ2v) is 8.00. The number of halogens is 4. The third kappa shape index (κ3) is 5.15. The number of fused-ring (bicyclic) bond motifs is 1. The summed E-state index contributed by atoms with van der Waals surface area (Å²) >= 11 is 1.33. The Bertz CT molecular complexity index is 1190. The maximum Gasteiger partial charge on any atom is 0.416 e. The standard InChI is InChI=1S/C21H17F4N5S/c22-18-9-15-8-13(3-4-14(15)10-27-18)19-29-30-20(31-19)28-11-17(26)7-12-1-5-16(6-2-12)21(23,24)25/h1-6,8-10,17H,7,11,26H2,(H,28,30)/t17-/m1/s1. The molecule has 0 radical (unpaired) electrons. The molecule has 10 heteroatoms. The molecule has 2 aromatic heterocycles. The summed E-state index contributed by atoms with van der Waals surface area (Å²) in [5.74, 6) is -0.550. The molecule has 0 aliphatic heterocycles. The van der Waals surface area contributed by atoms with E-state index in [1.165, 1.54) is 35.7 Å². The fourth-order valence-electron chi connectivity index (χ4n) is 3.08. The molecule has 0 saturated heterocycles. The van der Waals surface area contributed by atoms with Gasteiger partial charge < -0.3 is 11.1 Å². The molecule has 2 heterocycles. The van der Waals surface area contributed by atoms with Crippen LogP contribution in [0.25, 0.3) is 21.3 Å². The lowest BCUT2D eigenvalue weighted by molar-refractivity contribution is -0.137. The van der Waals surface area contributed by atoms with Crippen molar-refractivity contribution in [1.82, 2.24) is 15.2 Å². The van der Waals surface area contributed by atoms with E-state index in [0.717, 1.165) is 28.6 Å². The van der Waals surface area contributed by atoms with Crippen LogP contribution in [0.1, 0.15) is 11.1 Å². The van der Waals surface area contributed by atoms with E-state index in [2.05, 4.69) is 20.5 Å². The maximum atomic E-state index is 13.4. The van der Waals surface area contributed by atoms with Gasteiger partial charge in [0.2, 0.25) is 11.1 Å². The van der Waals surface area contributed by atoms with Crippen molar-refractivity contribution in [3.63, 3.8) is 0 Å². The van der Waals surface area contributed by atoms with Crippen molar-refractivity contribution in [2.45, 2.75) is 18.6 Å². The topological polar surface area (TPSA) is 76.7 Å². The van der Waals surface area contributed by atoms with Crippen LogP contribution in [0.3, 0.4) is 0 Å². The number of aromatic nitrogens is 3. The maximum absolute atomic E-state index is 13.4. The van der Waals surface area contributed by atoms with Crippen molar-refractivity contribution in [1.29, 1.82) is 0 Å². The molecule has 0 spiro atoms. The van der Waals surface area contributed by atoms with Crippen molar-refractivity contribution in [2.24, 2.45) is 5.73 Å². The zero-order chi connectivity index (χ0) is 22.0. The number of hydrogen-bond donors (Lipinski definition) is 2. The van der Waals surface area contributed by atoms with Crippen LogP contribution >= 0.6 is 11.3 Å². The SMILES string of the molecule is N[C@@H](CNc1nnc(-c2ccc3cnc(F)cc3c2)s1)Cc1ccc(C(F)(F)F)cc1. The summed E-state index contributed by atoms with van der Waals surface area (Å²) < 4.78 is 51.3. The summed E-state index contributed by atoms with van der Waals surface area (Å²) in [6.07, 6.45) is -2.46. The molecule has 2 aromatic carbocycles. The van der Waals surface area contributed by atoms with Crippen LogP contribution in [0, 0.1) is 5.95 Å². The van der Waals surface area contributed by atoms with Crippen molar-refractivity contribution in [3.8, 4) is 10.6 Å². The molecule has 31 heavy (non-hydrogen) atoms. The van der Waals surface area contributed by atoms with Crippen molar-refractivity contribution in [3.05, 3.63) is 71.8 Å². The van der Waals surface area contributed by atoms with Gasteiger partial charge in [0.1, 0.15) is 5.01 Å². The largest absolute Gasteiger partial charge is 0.416 e. The molecule has 5 nitrogen and oxygen atoms in total. The average Bonchev–Trinajstić information content (AvgIpc) is 3.20. The van der Waals surface area contributed by atoms with Crippen molar-refractivity contribution in [2.75, 3.05) is 11.9 Å². The third-order valence-corrected chi connectivity index (χ3v) is 5.58. The number of benzene rings is 2. The van der Waals surface area contributed by atoms with Gasteiger partial charge in [-0.2, -0.15) is 17.6 Å². The minimum Gasteiger partial charge on any atom is -0.359 e. The number of pyridine rings is 1. The van der Waals surface area contributed by atoms with E-state index in [4.69, 9.17) is 5.73 Å². The lowest BCUT2D eigenvalue weighted by Gasteiger charge is -2.13. The summed E-state index contributed by atoms with van der Waals surface area (Å²) in [5, 5.41) is 14.1. The second kappa shape index (κ2) is 8.56. The van der Waals surface area contributed by atoms with Crippen LogP contribution < -0.4 is 11.1 Å². The minimum atomic E-state index is -4.35. The molecular weight excluding hydrogens is 430 g/mol. The van der Waals surface area contributed by atoms with Gasteiger partial charge in [0.15, 0.2) is 0 Å². The number of anilines is 1.